The summed E-state index contributed by atoms with van der Waals surface area (Å²) in [5.74, 6) is 3.09. The van der Waals surface area contributed by atoms with Crippen LogP contribution < -0.4 is 0 Å². The van der Waals surface area contributed by atoms with Crippen LogP contribution in [0.4, 0.5) is 0 Å². The molecule has 0 unspecified atom stereocenters. The number of hydrogen-bond acceptors (Lipinski definition) is 6. The van der Waals surface area contributed by atoms with Crippen molar-refractivity contribution in [1.29, 1.82) is 0 Å². The third-order valence-corrected chi connectivity index (χ3v) is 3.46. The summed E-state index contributed by atoms with van der Waals surface area (Å²) in [6.07, 6.45) is 4.73. The van der Waals surface area contributed by atoms with Crippen molar-refractivity contribution in [1.82, 2.24) is 20.0 Å². The molecule has 1 fully saturated rings. The Morgan fingerprint density at radius 3 is 3.00 bits per heavy atom. The highest BCUT2D eigenvalue weighted by molar-refractivity contribution is 5.00. The number of aryl methyl sites for hydroxylation is 2. The molecule has 2 aromatic rings. The van der Waals surface area contributed by atoms with E-state index < -0.39 is 0 Å². The zero-order valence-electron chi connectivity index (χ0n) is 11.3. The maximum atomic E-state index is 5.54. The predicted octanol–water partition coefficient (Wildman–Crippen LogP) is 2.27. The summed E-state index contributed by atoms with van der Waals surface area (Å²) in [7, 11) is 0. The lowest BCUT2D eigenvalue weighted by atomic mass is 10.2. The average Bonchev–Trinajstić information content (AvgIpc) is 3.10. The summed E-state index contributed by atoms with van der Waals surface area (Å²) in [4.78, 5) is 11.0. The van der Waals surface area contributed by atoms with E-state index in [1.54, 1.807) is 6.20 Å². The topological polar surface area (TPSA) is 68.2 Å². The molecule has 0 spiro atoms. The van der Waals surface area contributed by atoms with Crippen LogP contribution >= 0.6 is 0 Å². The lowest BCUT2D eigenvalue weighted by Crippen LogP contribution is -2.23. The summed E-state index contributed by atoms with van der Waals surface area (Å²) in [6, 6.07) is 0.219. The molecule has 3 rings (SSSR count). The lowest BCUT2D eigenvalue weighted by Gasteiger charge is -2.19. The molecule has 1 atom stereocenters. The van der Waals surface area contributed by atoms with Crippen LogP contribution in [-0.4, -0.2) is 26.6 Å². The van der Waals surface area contributed by atoms with Crippen molar-refractivity contribution >= 4 is 0 Å². The first-order valence-electron chi connectivity index (χ1n) is 6.74. The van der Waals surface area contributed by atoms with E-state index in [4.69, 9.17) is 8.94 Å². The maximum Gasteiger partial charge on any atom is 0.226 e. The van der Waals surface area contributed by atoms with Crippen LogP contribution in [-0.2, 0) is 13.0 Å². The van der Waals surface area contributed by atoms with Gasteiger partial charge in [-0.25, -0.2) is 4.98 Å². The molecular weight excluding hydrogens is 244 g/mol. The van der Waals surface area contributed by atoms with Gasteiger partial charge >= 0.3 is 0 Å². The second-order valence-corrected chi connectivity index (χ2v) is 4.89. The smallest absolute Gasteiger partial charge is 0.226 e. The molecule has 1 saturated heterocycles. The van der Waals surface area contributed by atoms with Gasteiger partial charge in [0.15, 0.2) is 5.82 Å². The largest absolute Gasteiger partial charge is 0.445 e. The molecule has 19 heavy (non-hydrogen) atoms. The molecule has 2 aromatic heterocycles. The highest BCUT2D eigenvalue weighted by Crippen LogP contribution is 2.31. The molecule has 0 saturated carbocycles. The minimum Gasteiger partial charge on any atom is -0.445 e. The Bertz CT molecular complexity index is 548. The van der Waals surface area contributed by atoms with Crippen molar-refractivity contribution in [2.45, 2.75) is 45.7 Å². The van der Waals surface area contributed by atoms with Gasteiger partial charge in [-0.2, -0.15) is 4.98 Å². The van der Waals surface area contributed by atoms with Crippen LogP contribution in [0.15, 0.2) is 15.1 Å². The van der Waals surface area contributed by atoms with Gasteiger partial charge in [0.1, 0.15) is 5.76 Å². The average molecular weight is 262 g/mol. The van der Waals surface area contributed by atoms with Crippen LogP contribution in [0.25, 0.3) is 0 Å². The standard InChI is InChI=1S/C13H18N4O2/c1-3-11-15-13(16-19-11)10-5-4-6-17(10)8-12-14-7-9(2)18-12/h7,10H,3-6,8H2,1-2H3/t10-/m0/s1. The monoisotopic (exact) mass is 262 g/mol. The fraction of sp³-hybridized carbons (Fsp3) is 0.615. The van der Waals surface area contributed by atoms with Gasteiger partial charge in [-0.3, -0.25) is 4.90 Å². The van der Waals surface area contributed by atoms with Gasteiger partial charge in [0.25, 0.3) is 0 Å². The molecule has 1 aliphatic rings. The number of hydrogen-bond donors (Lipinski definition) is 0. The van der Waals surface area contributed by atoms with Gasteiger partial charge in [0, 0.05) is 6.42 Å². The quantitative estimate of drug-likeness (QED) is 0.842. The molecule has 0 aliphatic carbocycles. The van der Waals surface area contributed by atoms with Crippen LogP contribution in [0.5, 0.6) is 0 Å². The summed E-state index contributed by atoms with van der Waals surface area (Å²) in [5, 5.41) is 4.09. The van der Waals surface area contributed by atoms with Gasteiger partial charge in [-0.1, -0.05) is 12.1 Å². The van der Waals surface area contributed by atoms with E-state index >= 15 is 0 Å². The van der Waals surface area contributed by atoms with E-state index in [1.165, 1.54) is 0 Å². The summed E-state index contributed by atoms with van der Waals surface area (Å²) < 4.78 is 10.7. The minimum absolute atomic E-state index is 0.219. The van der Waals surface area contributed by atoms with Crippen LogP contribution in [0.3, 0.4) is 0 Å². The number of nitrogens with zero attached hydrogens (tertiary/aromatic N) is 4. The Labute approximate surface area is 111 Å². The lowest BCUT2D eigenvalue weighted by molar-refractivity contribution is 0.211. The molecular formula is C13H18N4O2. The minimum atomic E-state index is 0.219. The Morgan fingerprint density at radius 1 is 1.42 bits per heavy atom. The van der Waals surface area contributed by atoms with Crippen molar-refractivity contribution in [3.8, 4) is 0 Å². The van der Waals surface area contributed by atoms with Crippen molar-refractivity contribution in [2.24, 2.45) is 0 Å². The van der Waals surface area contributed by atoms with Gasteiger partial charge in [-0.15, -0.1) is 0 Å². The van der Waals surface area contributed by atoms with Crippen LogP contribution in [0.2, 0.25) is 0 Å². The molecule has 0 N–H and O–H groups in total. The summed E-state index contributed by atoms with van der Waals surface area (Å²) in [5.41, 5.74) is 0. The van der Waals surface area contributed by atoms with E-state index in [1.807, 2.05) is 13.8 Å². The molecule has 1 aliphatic heterocycles. The fourth-order valence-corrected chi connectivity index (χ4v) is 2.50. The van der Waals surface area contributed by atoms with E-state index in [2.05, 4.69) is 20.0 Å². The van der Waals surface area contributed by atoms with Crippen molar-refractivity contribution in [2.75, 3.05) is 6.54 Å². The highest BCUT2D eigenvalue weighted by Gasteiger charge is 2.30. The predicted molar refractivity (Wildman–Crippen MR) is 67.3 cm³/mol. The van der Waals surface area contributed by atoms with Crippen molar-refractivity contribution < 1.29 is 8.94 Å². The zero-order valence-corrected chi connectivity index (χ0v) is 11.3. The van der Waals surface area contributed by atoms with Crippen molar-refractivity contribution in [3.05, 3.63) is 29.6 Å². The van der Waals surface area contributed by atoms with Gasteiger partial charge in [0.2, 0.25) is 11.8 Å². The molecule has 0 aromatic carbocycles. The first-order valence-corrected chi connectivity index (χ1v) is 6.74. The third-order valence-electron chi connectivity index (χ3n) is 3.46. The summed E-state index contributed by atoms with van der Waals surface area (Å²) >= 11 is 0. The Hall–Kier alpha value is -1.69. The maximum absolute atomic E-state index is 5.54. The van der Waals surface area contributed by atoms with E-state index in [0.29, 0.717) is 12.4 Å². The third kappa shape index (κ3) is 2.53. The molecule has 6 heteroatoms. The number of aromatic nitrogens is 3. The second-order valence-electron chi connectivity index (χ2n) is 4.89. The first-order chi connectivity index (χ1) is 9.26. The SMILES string of the molecule is CCc1nc([C@@H]2CCCN2Cc2ncc(C)o2)no1. The number of likely N-dealkylation sites (tertiary alicyclic amines) is 1. The Kier molecular flexibility index (Phi) is 3.33. The fourth-order valence-electron chi connectivity index (χ4n) is 2.50. The Balaban J connectivity index is 1.74. The molecule has 0 bridgehead atoms. The van der Waals surface area contributed by atoms with Gasteiger partial charge < -0.3 is 8.94 Å². The highest BCUT2D eigenvalue weighted by atomic mass is 16.5. The molecule has 6 nitrogen and oxygen atoms in total. The summed E-state index contributed by atoms with van der Waals surface area (Å²) in [6.45, 7) is 5.64. The second kappa shape index (κ2) is 5.13. The molecule has 0 amide bonds. The van der Waals surface area contributed by atoms with Crippen molar-refractivity contribution in [3.63, 3.8) is 0 Å². The van der Waals surface area contributed by atoms with Crippen LogP contribution in [0.1, 0.15) is 49.2 Å². The zero-order chi connectivity index (χ0) is 13.2. The first kappa shape index (κ1) is 12.3. The van der Waals surface area contributed by atoms with Gasteiger partial charge in [-0.05, 0) is 26.3 Å². The van der Waals surface area contributed by atoms with E-state index in [0.717, 1.165) is 43.3 Å². The Morgan fingerprint density at radius 2 is 2.32 bits per heavy atom. The number of oxazole rings is 1. The van der Waals surface area contributed by atoms with Crippen LogP contribution in [0, 0.1) is 6.92 Å². The van der Waals surface area contributed by atoms with E-state index in [-0.39, 0.29) is 6.04 Å². The normalized spacial score (nSPS) is 20.2. The number of rotatable bonds is 4. The molecule has 102 valence electrons. The molecule has 3 heterocycles. The molecule has 0 radical (unpaired) electrons. The van der Waals surface area contributed by atoms with E-state index in [9.17, 15) is 0 Å². The van der Waals surface area contributed by atoms with Gasteiger partial charge in [0.05, 0.1) is 18.8 Å².